The topological polar surface area (TPSA) is 19.0 Å². The van der Waals surface area contributed by atoms with E-state index in [9.17, 15) is 0 Å². The molecule has 1 aromatic heterocycles. The van der Waals surface area contributed by atoms with Gasteiger partial charge in [-0.1, -0.05) is 12.1 Å². The van der Waals surface area contributed by atoms with E-state index in [1.54, 1.807) is 7.11 Å². The first-order chi connectivity index (χ1) is 13.2. The van der Waals surface area contributed by atoms with Crippen molar-refractivity contribution >= 4 is 17.0 Å². The highest BCUT2D eigenvalue weighted by molar-refractivity contribution is 7.11. The molecule has 0 aliphatic carbocycles. The molecule has 4 rings (SSSR count). The Bertz CT molecular complexity index is 739. The molecule has 2 aromatic rings. The SMILES string of the molecule is COc1ccccc1N1CCN(Cc2ccc(CN3CCCC3C)s2)CC1. The summed E-state index contributed by atoms with van der Waals surface area (Å²) in [7, 11) is 1.76. The molecule has 0 amide bonds. The summed E-state index contributed by atoms with van der Waals surface area (Å²) in [6.07, 6.45) is 2.71. The molecule has 2 fully saturated rings. The van der Waals surface area contributed by atoms with E-state index in [1.807, 2.05) is 17.4 Å². The molecule has 0 bridgehead atoms. The highest BCUT2D eigenvalue weighted by Crippen LogP contribution is 2.29. The minimum Gasteiger partial charge on any atom is -0.495 e. The van der Waals surface area contributed by atoms with Crippen LogP contribution in [0.2, 0.25) is 0 Å². The third-order valence-electron chi connectivity index (χ3n) is 5.94. The fourth-order valence-corrected chi connectivity index (χ4v) is 5.36. The zero-order valence-electron chi connectivity index (χ0n) is 16.6. The van der Waals surface area contributed by atoms with Gasteiger partial charge in [-0.25, -0.2) is 0 Å². The van der Waals surface area contributed by atoms with Crippen molar-refractivity contribution < 1.29 is 4.74 Å². The summed E-state index contributed by atoms with van der Waals surface area (Å²) in [5.74, 6) is 0.977. The smallest absolute Gasteiger partial charge is 0.142 e. The molecule has 0 saturated carbocycles. The number of ether oxygens (including phenoxy) is 1. The van der Waals surface area contributed by atoms with Gasteiger partial charge in [0.2, 0.25) is 0 Å². The lowest BCUT2D eigenvalue weighted by Gasteiger charge is -2.36. The zero-order chi connectivity index (χ0) is 18.6. The van der Waals surface area contributed by atoms with Crippen molar-refractivity contribution in [3.8, 4) is 5.75 Å². The summed E-state index contributed by atoms with van der Waals surface area (Å²) in [5, 5.41) is 0. The Hall–Kier alpha value is -1.56. The van der Waals surface area contributed by atoms with Crippen LogP contribution in [0.5, 0.6) is 5.75 Å². The lowest BCUT2D eigenvalue weighted by molar-refractivity contribution is 0.251. The van der Waals surface area contributed by atoms with Crippen LogP contribution in [0.1, 0.15) is 29.5 Å². The van der Waals surface area contributed by atoms with Crippen LogP contribution >= 0.6 is 11.3 Å². The Morgan fingerprint density at radius 3 is 2.41 bits per heavy atom. The first-order valence-corrected chi connectivity index (χ1v) is 11.0. The van der Waals surface area contributed by atoms with E-state index >= 15 is 0 Å². The summed E-state index contributed by atoms with van der Waals surface area (Å²) < 4.78 is 5.53. The van der Waals surface area contributed by atoms with Gasteiger partial charge in [-0.2, -0.15) is 0 Å². The van der Waals surface area contributed by atoms with E-state index in [-0.39, 0.29) is 0 Å². The van der Waals surface area contributed by atoms with Crippen molar-refractivity contribution in [1.29, 1.82) is 0 Å². The number of hydrogen-bond acceptors (Lipinski definition) is 5. The van der Waals surface area contributed by atoms with Gasteiger partial charge in [0.1, 0.15) is 5.75 Å². The van der Waals surface area contributed by atoms with E-state index in [0.29, 0.717) is 0 Å². The summed E-state index contributed by atoms with van der Waals surface area (Å²) in [5.41, 5.74) is 1.22. The molecule has 5 heteroatoms. The minimum atomic E-state index is 0.749. The first kappa shape index (κ1) is 18.8. The number of para-hydroxylation sites is 2. The Labute approximate surface area is 167 Å². The van der Waals surface area contributed by atoms with Crippen molar-refractivity contribution in [1.82, 2.24) is 9.80 Å². The van der Waals surface area contributed by atoms with Crippen LogP contribution < -0.4 is 9.64 Å². The summed E-state index contributed by atoms with van der Waals surface area (Å²) in [6, 6.07) is 13.8. The van der Waals surface area contributed by atoms with Gasteiger partial charge < -0.3 is 9.64 Å². The van der Waals surface area contributed by atoms with E-state index < -0.39 is 0 Å². The molecule has 1 aromatic carbocycles. The fraction of sp³-hybridized carbons (Fsp3) is 0.545. The maximum absolute atomic E-state index is 5.53. The minimum absolute atomic E-state index is 0.749. The summed E-state index contributed by atoms with van der Waals surface area (Å²) >= 11 is 2.00. The first-order valence-electron chi connectivity index (χ1n) is 10.1. The van der Waals surface area contributed by atoms with Gasteiger partial charge in [-0.15, -0.1) is 11.3 Å². The lowest BCUT2D eigenvalue weighted by atomic mass is 10.2. The van der Waals surface area contributed by atoms with Crippen molar-refractivity contribution in [2.45, 2.75) is 38.9 Å². The molecule has 2 saturated heterocycles. The maximum Gasteiger partial charge on any atom is 0.142 e. The van der Waals surface area contributed by atoms with Gasteiger partial charge in [-0.3, -0.25) is 9.80 Å². The molecular weight excluding hydrogens is 354 g/mol. The van der Waals surface area contributed by atoms with Crippen LogP contribution in [-0.4, -0.2) is 55.7 Å². The molecule has 0 radical (unpaired) electrons. The Balaban J connectivity index is 1.29. The molecule has 2 aliphatic rings. The van der Waals surface area contributed by atoms with Crippen molar-refractivity contribution in [3.05, 3.63) is 46.2 Å². The van der Waals surface area contributed by atoms with Crippen LogP contribution in [0.4, 0.5) is 5.69 Å². The molecule has 4 nitrogen and oxygen atoms in total. The monoisotopic (exact) mass is 385 g/mol. The van der Waals surface area contributed by atoms with Crippen molar-refractivity contribution in [2.75, 3.05) is 44.7 Å². The number of thiophene rings is 1. The third-order valence-corrected chi connectivity index (χ3v) is 7.00. The highest BCUT2D eigenvalue weighted by atomic mass is 32.1. The second kappa shape index (κ2) is 8.63. The average Bonchev–Trinajstić information content (AvgIpc) is 3.31. The number of anilines is 1. The van der Waals surface area contributed by atoms with Gasteiger partial charge in [0, 0.05) is 55.1 Å². The van der Waals surface area contributed by atoms with E-state index in [0.717, 1.165) is 51.1 Å². The van der Waals surface area contributed by atoms with Crippen LogP contribution in [0.3, 0.4) is 0 Å². The molecule has 2 aliphatic heterocycles. The van der Waals surface area contributed by atoms with Crippen molar-refractivity contribution in [2.24, 2.45) is 0 Å². The highest BCUT2D eigenvalue weighted by Gasteiger charge is 2.22. The molecule has 3 heterocycles. The van der Waals surface area contributed by atoms with Crippen LogP contribution in [-0.2, 0) is 13.1 Å². The van der Waals surface area contributed by atoms with Gasteiger partial charge in [-0.05, 0) is 50.6 Å². The normalized spacial score (nSPS) is 21.7. The predicted octanol–water partition coefficient (Wildman–Crippen LogP) is 4.06. The van der Waals surface area contributed by atoms with Gasteiger partial charge in [0.05, 0.1) is 12.8 Å². The third kappa shape index (κ3) is 4.48. The van der Waals surface area contributed by atoms with Crippen LogP contribution in [0.25, 0.3) is 0 Å². The molecule has 0 spiro atoms. The summed E-state index contributed by atoms with van der Waals surface area (Å²) in [6.45, 7) is 10.2. The number of piperazine rings is 1. The molecule has 1 unspecified atom stereocenters. The van der Waals surface area contributed by atoms with Crippen LogP contribution in [0, 0.1) is 0 Å². The van der Waals surface area contributed by atoms with Gasteiger partial charge >= 0.3 is 0 Å². The number of rotatable bonds is 6. The molecule has 146 valence electrons. The molecule has 0 N–H and O–H groups in total. The molecular formula is C22H31N3OS. The predicted molar refractivity (Wildman–Crippen MR) is 114 cm³/mol. The largest absolute Gasteiger partial charge is 0.495 e. The average molecular weight is 386 g/mol. The molecule has 1 atom stereocenters. The number of likely N-dealkylation sites (tertiary alicyclic amines) is 1. The van der Waals surface area contributed by atoms with E-state index in [2.05, 4.69) is 52.0 Å². The standard InChI is InChI=1S/C22H31N3OS/c1-18-6-5-11-25(18)17-20-10-9-19(27-20)16-23-12-14-24(15-13-23)21-7-3-4-8-22(21)26-2/h3-4,7-10,18H,5-6,11-17H2,1-2H3. The number of benzene rings is 1. The Kier molecular flexibility index (Phi) is 6.01. The zero-order valence-corrected chi connectivity index (χ0v) is 17.4. The Morgan fingerprint density at radius 2 is 1.70 bits per heavy atom. The van der Waals surface area contributed by atoms with E-state index in [4.69, 9.17) is 4.74 Å². The number of hydrogen-bond donors (Lipinski definition) is 0. The van der Waals surface area contributed by atoms with Crippen molar-refractivity contribution in [3.63, 3.8) is 0 Å². The second-order valence-electron chi connectivity index (χ2n) is 7.76. The number of methoxy groups -OCH3 is 1. The lowest BCUT2D eigenvalue weighted by Crippen LogP contribution is -2.45. The van der Waals surface area contributed by atoms with Gasteiger partial charge in [0.25, 0.3) is 0 Å². The van der Waals surface area contributed by atoms with E-state index in [1.165, 1.54) is 34.8 Å². The van der Waals surface area contributed by atoms with Gasteiger partial charge in [0.15, 0.2) is 0 Å². The Morgan fingerprint density at radius 1 is 0.963 bits per heavy atom. The maximum atomic E-state index is 5.53. The van der Waals surface area contributed by atoms with Crippen LogP contribution in [0.15, 0.2) is 36.4 Å². The second-order valence-corrected chi connectivity index (χ2v) is 9.02. The molecule has 27 heavy (non-hydrogen) atoms. The number of nitrogens with zero attached hydrogens (tertiary/aromatic N) is 3. The fourth-order valence-electron chi connectivity index (χ4n) is 4.28. The quantitative estimate of drug-likeness (QED) is 0.746. The summed E-state index contributed by atoms with van der Waals surface area (Å²) in [4.78, 5) is 10.7.